The van der Waals surface area contributed by atoms with Crippen LogP contribution in [0.4, 0.5) is 0 Å². The average Bonchev–Trinajstić information content (AvgIpc) is 2.71. The third kappa shape index (κ3) is 21.1. The zero-order valence-corrected chi connectivity index (χ0v) is 27.8. The van der Waals surface area contributed by atoms with Crippen LogP contribution in [-0.4, -0.2) is 57.6 Å². The summed E-state index contributed by atoms with van der Waals surface area (Å²) in [6, 6.07) is 16.0. The van der Waals surface area contributed by atoms with Crippen molar-refractivity contribution in [1.82, 2.24) is 0 Å². The molecule has 0 aliphatic rings. The van der Waals surface area contributed by atoms with E-state index in [-0.39, 0.29) is 69.4 Å². The van der Waals surface area contributed by atoms with E-state index in [1.165, 1.54) is 4.90 Å². The Morgan fingerprint density at radius 3 is 1.65 bits per heavy atom. The molecule has 0 fully saturated rings. The second-order valence-corrected chi connectivity index (χ2v) is 9.29. The first kappa shape index (κ1) is 37.6. The van der Waals surface area contributed by atoms with Gasteiger partial charge < -0.3 is 24.4 Å². The van der Waals surface area contributed by atoms with E-state index in [2.05, 4.69) is 72.6 Å². The maximum atomic E-state index is 5.10. The Kier molecular flexibility index (Phi) is 30.4. The summed E-state index contributed by atoms with van der Waals surface area (Å²) in [7, 11) is 6.51. The van der Waals surface area contributed by atoms with Crippen molar-refractivity contribution in [2.45, 2.75) is 22.4 Å². The number of hydrogen-bond donors (Lipinski definition) is 1. The van der Waals surface area contributed by atoms with Crippen LogP contribution < -0.4 is 51.4 Å². The van der Waals surface area contributed by atoms with Gasteiger partial charge in [0.2, 0.25) is 0 Å². The smallest absolute Gasteiger partial charge is 0.870 e. The maximum absolute atomic E-state index is 5.10. The van der Waals surface area contributed by atoms with Gasteiger partial charge in [-0.2, -0.15) is 0 Å². The van der Waals surface area contributed by atoms with E-state index in [9.17, 15) is 0 Å². The molecule has 172 valence electrons. The molecule has 2 rings (SSSR count). The minimum atomic E-state index is -0.140. The number of benzene rings is 2. The summed E-state index contributed by atoms with van der Waals surface area (Å²) in [5, 5.41) is 0.722. The van der Waals surface area contributed by atoms with Crippen molar-refractivity contribution in [1.29, 1.82) is 0 Å². The van der Waals surface area contributed by atoms with E-state index >= 15 is 0 Å². The summed E-state index contributed by atoms with van der Waals surface area (Å²) in [5.74, 6) is 0.795. The minimum Gasteiger partial charge on any atom is -0.870 e. The quantitative estimate of drug-likeness (QED) is 0.150. The number of rotatable bonds is 8. The van der Waals surface area contributed by atoms with Crippen LogP contribution in [0.15, 0.2) is 67.3 Å². The SMILES string of the molecule is COC(CBr)OC.COC(CSc1cccc(Br)c1)OC.Sc1cccc(Br)c1.[K+].[OH-]. The molecule has 1 N–H and O–H groups in total. The first-order valence-electron chi connectivity index (χ1n) is 8.40. The molecule has 0 saturated carbocycles. The molecule has 0 amide bonds. The molecule has 0 bridgehead atoms. The number of hydrogen-bond acceptors (Lipinski definition) is 7. The number of halogens is 3. The fourth-order valence-electron chi connectivity index (χ4n) is 1.65. The number of alkyl halides is 1. The predicted octanol–water partition coefficient (Wildman–Crippen LogP) is 3.73. The zero-order valence-electron chi connectivity index (χ0n) is 18.3. The van der Waals surface area contributed by atoms with Gasteiger partial charge in [0.05, 0.1) is 5.33 Å². The molecule has 2 aromatic rings. The van der Waals surface area contributed by atoms with Gasteiger partial charge in [-0.3, -0.25) is 0 Å². The Morgan fingerprint density at radius 2 is 1.32 bits per heavy atom. The van der Waals surface area contributed by atoms with Crippen molar-refractivity contribution < 1.29 is 75.8 Å². The van der Waals surface area contributed by atoms with Crippen molar-refractivity contribution in [3.8, 4) is 0 Å². The average molecular weight is 691 g/mol. The third-order valence-corrected chi connectivity index (χ3v) is 5.99. The van der Waals surface area contributed by atoms with E-state index < -0.39 is 0 Å². The largest absolute Gasteiger partial charge is 1.00 e. The van der Waals surface area contributed by atoms with Gasteiger partial charge in [0.1, 0.15) is 0 Å². The molecule has 0 spiro atoms. The van der Waals surface area contributed by atoms with Crippen molar-refractivity contribution in [2.24, 2.45) is 0 Å². The van der Waals surface area contributed by atoms with Crippen molar-refractivity contribution in [3.05, 3.63) is 57.5 Å². The fourth-order valence-corrected chi connectivity index (χ4v) is 4.52. The predicted molar refractivity (Wildman–Crippen MR) is 138 cm³/mol. The summed E-state index contributed by atoms with van der Waals surface area (Å²) in [5.41, 5.74) is 0. The van der Waals surface area contributed by atoms with E-state index in [0.29, 0.717) is 0 Å². The zero-order chi connectivity index (χ0) is 22.1. The van der Waals surface area contributed by atoms with Gasteiger partial charge in [0, 0.05) is 52.9 Å². The molecule has 0 unspecified atom stereocenters. The van der Waals surface area contributed by atoms with Gasteiger partial charge in [0.15, 0.2) is 12.6 Å². The van der Waals surface area contributed by atoms with Gasteiger partial charge in [-0.25, -0.2) is 0 Å². The fraction of sp³-hybridized carbons (Fsp3) is 0.400. The summed E-state index contributed by atoms with van der Waals surface area (Å²) in [6.07, 6.45) is -0.237. The third-order valence-electron chi connectivity index (χ3n) is 3.17. The standard InChI is InChI=1S/C10H13BrO2S.C6H5BrS.C4H9BrO2.K.H2O/c1-12-10(13-2)7-14-9-5-3-4-8(11)6-9;7-5-2-1-3-6(8)4-5;1-6-4(3-5)7-2;;/h3-6,10H,7H2,1-2H3;1-4,8H;4H,3H2,1-2H3;;1H2/q;;;+1;/p-1. The van der Waals surface area contributed by atoms with Crippen LogP contribution in [0.1, 0.15) is 0 Å². The minimum absolute atomic E-state index is 0. The number of thioether (sulfide) groups is 1. The molecule has 31 heavy (non-hydrogen) atoms. The summed E-state index contributed by atoms with van der Waals surface area (Å²) < 4.78 is 21.9. The Balaban J connectivity index is -0.000000398. The number of thiol groups is 1. The van der Waals surface area contributed by atoms with Crippen LogP contribution in [0.5, 0.6) is 0 Å². The molecule has 11 heteroatoms. The Hall–Kier alpha value is 2.02. The van der Waals surface area contributed by atoms with E-state index in [0.717, 1.165) is 24.9 Å². The van der Waals surface area contributed by atoms with E-state index in [1.807, 2.05) is 36.4 Å². The second-order valence-electron chi connectivity index (χ2n) is 5.20. The van der Waals surface area contributed by atoms with Crippen molar-refractivity contribution >= 4 is 72.2 Å². The van der Waals surface area contributed by atoms with Crippen LogP contribution in [0.3, 0.4) is 0 Å². The van der Waals surface area contributed by atoms with E-state index in [4.69, 9.17) is 18.9 Å². The second kappa shape index (κ2) is 25.1. The molecule has 0 atom stereocenters. The first-order valence-corrected chi connectivity index (χ1v) is 12.5. The van der Waals surface area contributed by atoms with Crippen LogP contribution in [0, 0.1) is 0 Å². The van der Waals surface area contributed by atoms with Crippen LogP contribution in [0.2, 0.25) is 0 Å². The van der Waals surface area contributed by atoms with Gasteiger partial charge in [-0.05, 0) is 36.4 Å². The molecular formula is C20H28Br3KO5S2. The van der Waals surface area contributed by atoms with Gasteiger partial charge in [0.25, 0.3) is 0 Å². The molecule has 0 radical (unpaired) electrons. The van der Waals surface area contributed by atoms with E-state index in [1.54, 1.807) is 40.2 Å². The topological polar surface area (TPSA) is 66.9 Å². The Bertz CT molecular complexity index is 643. The van der Waals surface area contributed by atoms with Gasteiger partial charge >= 0.3 is 51.4 Å². The molecule has 0 aliphatic heterocycles. The molecule has 0 aliphatic carbocycles. The van der Waals surface area contributed by atoms with Gasteiger partial charge in [-0.15, -0.1) is 24.4 Å². The molecule has 2 aromatic carbocycles. The van der Waals surface area contributed by atoms with Crippen molar-refractivity contribution in [2.75, 3.05) is 39.5 Å². The number of ether oxygens (including phenoxy) is 4. The number of methoxy groups -OCH3 is 4. The van der Waals surface area contributed by atoms with Crippen molar-refractivity contribution in [3.63, 3.8) is 0 Å². The Morgan fingerprint density at radius 1 is 0.839 bits per heavy atom. The monoisotopic (exact) mass is 688 g/mol. The van der Waals surface area contributed by atoms with Crippen LogP contribution in [0.25, 0.3) is 0 Å². The molecule has 0 saturated heterocycles. The summed E-state index contributed by atoms with van der Waals surface area (Å²) >= 11 is 15.8. The Labute approximate surface area is 263 Å². The summed E-state index contributed by atoms with van der Waals surface area (Å²) in [4.78, 5) is 2.19. The first-order chi connectivity index (χ1) is 13.9. The molecular weight excluding hydrogens is 663 g/mol. The summed E-state index contributed by atoms with van der Waals surface area (Å²) in [6.45, 7) is 0. The molecule has 5 nitrogen and oxygen atoms in total. The maximum Gasteiger partial charge on any atom is 1.00 e. The molecule has 0 aromatic heterocycles. The normalized spacial score (nSPS) is 9.61. The van der Waals surface area contributed by atoms with Crippen LogP contribution in [-0.2, 0) is 18.9 Å². The van der Waals surface area contributed by atoms with Crippen LogP contribution >= 0.6 is 72.2 Å². The van der Waals surface area contributed by atoms with Gasteiger partial charge in [-0.1, -0.05) is 59.9 Å². The molecule has 0 heterocycles.